The van der Waals surface area contributed by atoms with Gasteiger partial charge in [0.2, 0.25) is 0 Å². The molecule has 0 saturated carbocycles. The Labute approximate surface area is 158 Å². The maximum absolute atomic E-state index is 12.8. The van der Waals surface area contributed by atoms with E-state index in [2.05, 4.69) is 0 Å². The van der Waals surface area contributed by atoms with Crippen LogP contribution >= 0.6 is 0 Å². The molecule has 0 aromatic heterocycles. The van der Waals surface area contributed by atoms with E-state index in [0.29, 0.717) is 22.8 Å². The summed E-state index contributed by atoms with van der Waals surface area (Å²) in [5.74, 6) is 0.0740. The lowest BCUT2D eigenvalue weighted by Crippen LogP contribution is -2.35. The van der Waals surface area contributed by atoms with E-state index in [9.17, 15) is 14.7 Å². The van der Waals surface area contributed by atoms with Crippen LogP contribution in [0.25, 0.3) is 21.9 Å². The summed E-state index contributed by atoms with van der Waals surface area (Å²) in [4.78, 5) is 26.0. The van der Waals surface area contributed by atoms with Crippen LogP contribution in [0.1, 0.15) is 40.0 Å². The molecule has 3 aromatic rings. The largest absolute Gasteiger partial charge is 0.507 e. The lowest BCUT2D eigenvalue weighted by molar-refractivity contribution is 0.0724. The Bertz CT molecular complexity index is 1020. The lowest BCUT2D eigenvalue weighted by atomic mass is 9.97. The average molecular weight is 359 g/mol. The Kier molecular flexibility index (Phi) is 4.63. The van der Waals surface area contributed by atoms with Gasteiger partial charge in [0.05, 0.1) is 5.56 Å². The highest BCUT2D eigenvalue weighted by atomic mass is 16.3. The minimum Gasteiger partial charge on any atom is -0.507 e. The molecule has 4 nitrogen and oxygen atoms in total. The first-order valence-corrected chi connectivity index (χ1v) is 9.28. The Hall–Kier alpha value is -3.14. The predicted octanol–water partition coefficient (Wildman–Crippen LogP) is 4.65. The van der Waals surface area contributed by atoms with Crippen molar-refractivity contribution >= 4 is 23.0 Å². The fraction of sp³-hybridized carbons (Fsp3) is 0.217. The molecule has 1 amide bonds. The zero-order chi connectivity index (χ0) is 18.8. The van der Waals surface area contributed by atoms with Crippen LogP contribution in [0.5, 0.6) is 5.75 Å². The van der Waals surface area contributed by atoms with E-state index in [0.717, 1.165) is 42.4 Å². The molecule has 1 N–H and O–H groups in total. The minimum absolute atomic E-state index is 0.0145. The van der Waals surface area contributed by atoms with Gasteiger partial charge in [0.1, 0.15) is 5.75 Å². The molecule has 0 bridgehead atoms. The number of carbonyl (C=O) groups is 2. The van der Waals surface area contributed by atoms with Gasteiger partial charge in [0, 0.05) is 18.7 Å². The molecular formula is C23H21NO3. The van der Waals surface area contributed by atoms with Crippen molar-refractivity contribution in [3.8, 4) is 16.9 Å². The van der Waals surface area contributed by atoms with Crippen LogP contribution in [0, 0.1) is 0 Å². The van der Waals surface area contributed by atoms with E-state index in [1.54, 1.807) is 6.07 Å². The number of carbonyl (C=O) groups excluding carboxylic acids is 2. The molecule has 1 aliphatic heterocycles. The first-order valence-electron chi connectivity index (χ1n) is 9.28. The quantitative estimate of drug-likeness (QED) is 0.693. The van der Waals surface area contributed by atoms with Crippen molar-refractivity contribution in [3.63, 3.8) is 0 Å². The van der Waals surface area contributed by atoms with Crippen molar-refractivity contribution in [2.24, 2.45) is 0 Å². The van der Waals surface area contributed by atoms with Crippen LogP contribution < -0.4 is 0 Å². The van der Waals surface area contributed by atoms with E-state index >= 15 is 0 Å². The predicted molar refractivity (Wildman–Crippen MR) is 106 cm³/mol. The van der Waals surface area contributed by atoms with Crippen molar-refractivity contribution in [1.82, 2.24) is 4.90 Å². The number of rotatable bonds is 3. The smallest absolute Gasteiger partial charge is 0.253 e. The topological polar surface area (TPSA) is 57.6 Å². The maximum Gasteiger partial charge on any atom is 0.253 e. The first kappa shape index (κ1) is 17.3. The van der Waals surface area contributed by atoms with Crippen molar-refractivity contribution < 1.29 is 14.7 Å². The number of piperidine rings is 1. The minimum atomic E-state index is -0.0145. The fourth-order valence-corrected chi connectivity index (χ4v) is 3.76. The first-order chi connectivity index (χ1) is 13.2. The van der Waals surface area contributed by atoms with Gasteiger partial charge < -0.3 is 10.0 Å². The monoisotopic (exact) mass is 359 g/mol. The van der Waals surface area contributed by atoms with E-state index in [-0.39, 0.29) is 11.7 Å². The summed E-state index contributed by atoms with van der Waals surface area (Å²) in [7, 11) is 0. The number of aldehydes is 1. The van der Waals surface area contributed by atoms with Gasteiger partial charge in [-0.2, -0.15) is 0 Å². The number of fused-ring (bicyclic) bond motifs is 1. The molecule has 0 spiro atoms. The number of aromatic hydroxyl groups is 1. The number of benzene rings is 3. The number of hydrogen-bond acceptors (Lipinski definition) is 3. The molecule has 1 heterocycles. The zero-order valence-electron chi connectivity index (χ0n) is 15.0. The maximum atomic E-state index is 12.8. The molecule has 0 atom stereocenters. The molecule has 1 saturated heterocycles. The standard InChI is InChI=1S/C23H21NO3/c25-15-21-20-9-7-17(13-18(20)8-10-22(21)26)16-5-4-6-19(14-16)23(27)24-11-2-1-3-12-24/h4-10,13-15,26H,1-3,11-12H2. The summed E-state index contributed by atoms with van der Waals surface area (Å²) >= 11 is 0. The highest BCUT2D eigenvalue weighted by Gasteiger charge is 2.18. The highest BCUT2D eigenvalue weighted by Crippen LogP contribution is 2.30. The van der Waals surface area contributed by atoms with Crippen LogP contribution in [0.15, 0.2) is 54.6 Å². The molecule has 27 heavy (non-hydrogen) atoms. The number of likely N-dealkylation sites (tertiary alicyclic amines) is 1. The van der Waals surface area contributed by atoms with Crippen molar-refractivity contribution in [1.29, 1.82) is 0 Å². The number of phenolic OH excluding ortho intramolecular Hbond substituents is 1. The van der Waals surface area contributed by atoms with Gasteiger partial charge in [-0.15, -0.1) is 0 Å². The molecule has 0 radical (unpaired) electrons. The van der Waals surface area contributed by atoms with Crippen molar-refractivity contribution in [2.45, 2.75) is 19.3 Å². The number of phenols is 1. The molecule has 0 aliphatic carbocycles. The third-order valence-electron chi connectivity index (χ3n) is 5.24. The zero-order valence-corrected chi connectivity index (χ0v) is 15.0. The lowest BCUT2D eigenvalue weighted by Gasteiger charge is -2.26. The summed E-state index contributed by atoms with van der Waals surface area (Å²) in [6.45, 7) is 1.66. The van der Waals surface area contributed by atoms with Crippen molar-refractivity contribution in [2.75, 3.05) is 13.1 Å². The van der Waals surface area contributed by atoms with Gasteiger partial charge in [-0.3, -0.25) is 9.59 Å². The second-order valence-electron chi connectivity index (χ2n) is 6.99. The van der Waals surface area contributed by atoms with Crippen LogP contribution in [0.2, 0.25) is 0 Å². The molecule has 3 aromatic carbocycles. The summed E-state index contributed by atoms with van der Waals surface area (Å²) in [6.07, 6.45) is 4.01. The molecule has 4 rings (SSSR count). The Morgan fingerprint density at radius 1 is 0.926 bits per heavy atom. The Balaban J connectivity index is 1.70. The van der Waals surface area contributed by atoms with E-state index in [1.165, 1.54) is 12.5 Å². The van der Waals surface area contributed by atoms with Gasteiger partial charge in [-0.25, -0.2) is 0 Å². The number of amides is 1. The summed E-state index contributed by atoms with van der Waals surface area (Å²) < 4.78 is 0. The fourth-order valence-electron chi connectivity index (χ4n) is 3.76. The molecule has 1 aliphatic rings. The van der Waals surface area contributed by atoms with E-state index in [1.807, 2.05) is 47.4 Å². The van der Waals surface area contributed by atoms with Crippen LogP contribution in [0.3, 0.4) is 0 Å². The van der Waals surface area contributed by atoms with Gasteiger partial charge >= 0.3 is 0 Å². The van der Waals surface area contributed by atoms with Gasteiger partial charge in [0.25, 0.3) is 5.91 Å². The third kappa shape index (κ3) is 3.31. The third-order valence-corrected chi connectivity index (χ3v) is 5.24. The van der Waals surface area contributed by atoms with Crippen LogP contribution in [0.4, 0.5) is 0 Å². The summed E-state index contributed by atoms with van der Waals surface area (Å²) in [5.41, 5.74) is 2.93. The van der Waals surface area contributed by atoms with Crippen LogP contribution in [-0.4, -0.2) is 35.3 Å². The molecule has 0 unspecified atom stereocenters. The molecule has 136 valence electrons. The molecule has 4 heteroatoms. The second kappa shape index (κ2) is 7.23. The Morgan fingerprint density at radius 3 is 2.48 bits per heavy atom. The van der Waals surface area contributed by atoms with E-state index < -0.39 is 0 Å². The summed E-state index contributed by atoms with van der Waals surface area (Å²) in [5, 5.41) is 11.4. The average Bonchev–Trinajstić information content (AvgIpc) is 2.73. The molecular weight excluding hydrogens is 338 g/mol. The van der Waals surface area contributed by atoms with Crippen molar-refractivity contribution in [3.05, 3.63) is 65.7 Å². The number of hydrogen-bond donors (Lipinski definition) is 1. The van der Waals surface area contributed by atoms with Gasteiger partial charge in [-0.1, -0.05) is 30.3 Å². The van der Waals surface area contributed by atoms with Gasteiger partial charge in [-0.05, 0) is 65.4 Å². The summed E-state index contributed by atoms with van der Waals surface area (Å²) in [6, 6.07) is 16.7. The second-order valence-corrected chi connectivity index (χ2v) is 6.99. The van der Waals surface area contributed by atoms with E-state index in [4.69, 9.17) is 0 Å². The SMILES string of the molecule is O=Cc1c(O)ccc2cc(-c3cccc(C(=O)N4CCCCC4)c3)ccc12. The van der Waals surface area contributed by atoms with Gasteiger partial charge in [0.15, 0.2) is 6.29 Å². The van der Waals surface area contributed by atoms with Crippen LogP contribution in [-0.2, 0) is 0 Å². The number of nitrogens with zero attached hydrogens (tertiary/aromatic N) is 1. The normalized spacial score (nSPS) is 14.3. The Morgan fingerprint density at radius 2 is 1.70 bits per heavy atom. The molecule has 1 fully saturated rings. The highest BCUT2D eigenvalue weighted by molar-refractivity contribution is 6.02.